The Bertz CT molecular complexity index is 1070. The number of esters is 2. The molecule has 0 fully saturated rings. The van der Waals surface area contributed by atoms with Gasteiger partial charge in [-0.2, -0.15) is 5.10 Å². The molecule has 34 heavy (non-hydrogen) atoms. The number of methoxy groups -OCH3 is 2. The van der Waals surface area contributed by atoms with Gasteiger partial charge < -0.3 is 14.2 Å². The van der Waals surface area contributed by atoms with Crippen molar-refractivity contribution in [3.05, 3.63) is 65.9 Å². The monoisotopic (exact) mass is 464 g/mol. The summed E-state index contributed by atoms with van der Waals surface area (Å²) in [6.07, 6.45) is 7.21. The minimum atomic E-state index is -0.679. The van der Waals surface area contributed by atoms with Gasteiger partial charge in [0.1, 0.15) is 17.0 Å². The molecule has 0 atom stereocenters. The highest BCUT2D eigenvalue weighted by Crippen LogP contribution is 2.30. The third-order valence-corrected chi connectivity index (χ3v) is 5.55. The Morgan fingerprint density at radius 2 is 1.47 bits per heavy atom. The summed E-state index contributed by atoms with van der Waals surface area (Å²) in [5.74, 6) is -0.601. The summed E-state index contributed by atoms with van der Waals surface area (Å²) in [6, 6.07) is 16.4. The van der Waals surface area contributed by atoms with Crippen LogP contribution in [0.4, 0.5) is 0 Å². The highest BCUT2D eigenvalue weighted by Gasteiger charge is 2.31. The fourth-order valence-electron chi connectivity index (χ4n) is 3.74. The third kappa shape index (κ3) is 6.04. The fourth-order valence-corrected chi connectivity index (χ4v) is 3.74. The van der Waals surface area contributed by atoms with E-state index < -0.39 is 11.9 Å². The van der Waals surface area contributed by atoms with E-state index in [-0.39, 0.29) is 11.3 Å². The lowest BCUT2D eigenvalue weighted by Gasteiger charge is -2.08. The number of benzene rings is 2. The van der Waals surface area contributed by atoms with Crippen molar-refractivity contribution in [3.8, 4) is 22.7 Å². The van der Waals surface area contributed by atoms with Gasteiger partial charge in [0.15, 0.2) is 5.69 Å². The molecule has 2 aromatic carbocycles. The van der Waals surface area contributed by atoms with Crippen LogP contribution in [0.5, 0.6) is 5.75 Å². The number of ether oxygens (including phenoxy) is 3. The molecule has 0 saturated heterocycles. The maximum Gasteiger partial charge on any atom is 0.357 e. The van der Waals surface area contributed by atoms with Crippen LogP contribution in [0.3, 0.4) is 0 Å². The molecule has 180 valence electrons. The first kappa shape index (κ1) is 25.0. The molecule has 1 heterocycles. The predicted octanol–water partition coefficient (Wildman–Crippen LogP) is 5.85. The Kier molecular flexibility index (Phi) is 9.26. The van der Waals surface area contributed by atoms with Crippen LogP contribution in [0.1, 0.15) is 66.3 Å². The van der Waals surface area contributed by atoms with Crippen LogP contribution >= 0.6 is 0 Å². The van der Waals surface area contributed by atoms with Gasteiger partial charge in [0.25, 0.3) is 0 Å². The number of para-hydroxylation sites is 1. The van der Waals surface area contributed by atoms with Crippen molar-refractivity contribution < 1.29 is 23.8 Å². The van der Waals surface area contributed by atoms with Crippen molar-refractivity contribution >= 4 is 11.9 Å². The number of unbranched alkanes of at least 4 members (excludes halogenated alkanes) is 5. The number of aromatic nitrogens is 2. The standard InChI is InChI=1S/C27H32N2O5/c1-4-5-6-7-8-12-19-34-22-17-15-20(16-18-22)24-23(26(30)32-2)25(27(31)33-3)29(28-24)21-13-10-9-11-14-21/h9-11,13-18H,4-8,12,19H2,1-3H3. The van der Waals surface area contributed by atoms with E-state index in [1.54, 1.807) is 12.1 Å². The van der Waals surface area contributed by atoms with Crippen LogP contribution < -0.4 is 4.74 Å². The predicted molar refractivity (Wildman–Crippen MR) is 131 cm³/mol. The number of carbonyl (C=O) groups is 2. The molecular weight excluding hydrogens is 432 g/mol. The average molecular weight is 465 g/mol. The smallest absolute Gasteiger partial charge is 0.357 e. The zero-order valence-corrected chi connectivity index (χ0v) is 20.1. The van der Waals surface area contributed by atoms with Crippen molar-refractivity contribution in [3.63, 3.8) is 0 Å². The molecular formula is C27H32N2O5. The minimum Gasteiger partial charge on any atom is -0.494 e. The summed E-state index contributed by atoms with van der Waals surface area (Å²) in [7, 11) is 2.54. The Balaban J connectivity index is 1.86. The van der Waals surface area contributed by atoms with Gasteiger partial charge in [-0.1, -0.05) is 57.2 Å². The first-order chi connectivity index (χ1) is 16.6. The quantitative estimate of drug-likeness (QED) is 0.247. The molecule has 7 nitrogen and oxygen atoms in total. The van der Waals surface area contributed by atoms with Gasteiger partial charge in [-0.05, 0) is 42.8 Å². The molecule has 0 amide bonds. The third-order valence-electron chi connectivity index (χ3n) is 5.55. The largest absolute Gasteiger partial charge is 0.494 e. The second kappa shape index (κ2) is 12.6. The molecule has 0 aliphatic rings. The average Bonchev–Trinajstić information content (AvgIpc) is 3.29. The highest BCUT2D eigenvalue weighted by molar-refractivity contribution is 6.06. The van der Waals surface area contributed by atoms with Crippen LogP contribution in [-0.4, -0.2) is 42.5 Å². The lowest BCUT2D eigenvalue weighted by Crippen LogP contribution is -2.15. The van der Waals surface area contributed by atoms with Gasteiger partial charge in [0, 0.05) is 5.56 Å². The molecule has 0 aliphatic carbocycles. The molecule has 3 aromatic rings. The van der Waals surface area contributed by atoms with Crippen molar-refractivity contribution in [1.82, 2.24) is 9.78 Å². The van der Waals surface area contributed by atoms with E-state index in [2.05, 4.69) is 12.0 Å². The molecule has 0 spiro atoms. The van der Waals surface area contributed by atoms with Crippen LogP contribution in [-0.2, 0) is 9.47 Å². The van der Waals surface area contributed by atoms with E-state index in [9.17, 15) is 9.59 Å². The van der Waals surface area contributed by atoms with Crippen molar-refractivity contribution in [2.75, 3.05) is 20.8 Å². The molecule has 0 saturated carbocycles. The number of hydrogen-bond acceptors (Lipinski definition) is 6. The van der Waals surface area contributed by atoms with Crippen molar-refractivity contribution in [1.29, 1.82) is 0 Å². The van der Waals surface area contributed by atoms with Crippen molar-refractivity contribution in [2.24, 2.45) is 0 Å². The molecule has 0 N–H and O–H groups in total. The first-order valence-corrected chi connectivity index (χ1v) is 11.7. The number of hydrogen-bond donors (Lipinski definition) is 0. The first-order valence-electron chi connectivity index (χ1n) is 11.7. The SMILES string of the molecule is CCCCCCCCOc1ccc(-c2nn(-c3ccccc3)c(C(=O)OC)c2C(=O)OC)cc1. The summed E-state index contributed by atoms with van der Waals surface area (Å²) < 4.78 is 17.2. The number of carbonyl (C=O) groups excluding carboxylic acids is 2. The topological polar surface area (TPSA) is 79.7 Å². The highest BCUT2D eigenvalue weighted by atomic mass is 16.5. The Morgan fingerprint density at radius 1 is 0.824 bits per heavy atom. The molecule has 1 aromatic heterocycles. The second-order valence-corrected chi connectivity index (χ2v) is 7.94. The van der Waals surface area contributed by atoms with Crippen molar-refractivity contribution in [2.45, 2.75) is 45.4 Å². The summed E-state index contributed by atoms with van der Waals surface area (Å²) in [6.45, 7) is 2.87. The zero-order chi connectivity index (χ0) is 24.3. The fraction of sp³-hybridized carbons (Fsp3) is 0.370. The second-order valence-electron chi connectivity index (χ2n) is 7.94. The van der Waals surface area contributed by atoms with E-state index >= 15 is 0 Å². The van der Waals surface area contributed by atoms with Gasteiger partial charge in [0.2, 0.25) is 0 Å². The van der Waals surface area contributed by atoms with Gasteiger partial charge in [-0.3, -0.25) is 0 Å². The molecule has 0 radical (unpaired) electrons. The minimum absolute atomic E-state index is 0.0129. The van der Waals surface area contributed by atoms with E-state index in [1.807, 2.05) is 42.5 Å². The summed E-state index contributed by atoms with van der Waals surface area (Å²) in [4.78, 5) is 25.4. The van der Waals surface area contributed by atoms with E-state index in [4.69, 9.17) is 14.2 Å². The summed E-state index contributed by atoms with van der Waals surface area (Å²) in [5.41, 5.74) is 1.68. The molecule has 0 bridgehead atoms. The van der Waals surface area contributed by atoms with Gasteiger partial charge in [0.05, 0.1) is 26.5 Å². The lowest BCUT2D eigenvalue weighted by atomic mass is 10.1. The maximum absolute atomic E-state index is 12.7. The van der Waals surface area contributed by atoms with Crippen LogP contribution in [0, 0.1) is 0 Å². The van der Waals surface area contributed by atoms with Gasteiger partial charge >= 0.3 is 11.9 Å². The summed E-state index contributed by atoms with van der Waals surface area (Å²) >= 11 is 0. The van der Waals surface area contributed by atoms with Gasteiger partial charge in [-0.15, -0.1) is 0 Å². The number of rotatable bonds is 12. The zero-order valence-electron chi connectivity index (χ0n) is 20.1. The normalized spacial score (nSPS) is 10.7. The maximum atomic E-state index is 12.7. The number of nitrogens with zero attached hydrogens (tertiary/aromatic N) is 2. The van der Waals surface area contributed by atoms with E-state index in [0.29, 0.717) is 23.6 Å². The summed E-state index contributed by atoms with van der Waals surface area (Å²) in [5, 5.41) is 4.60. The molecule has 0 unspecified atom stereocenters. The van der Waals surface area contributed by atoms with E-state index in [0.717, 1.165) is 18.6 Å². The van der Waals surface area contributed by atoms with Crippen LogP contribution in [0.2, 0.25) is 0 Å². The van der Waals surface area contributed by atoms with Crippen LogP contribution in [0.15, 0.2) is 54.6 Å². The van der Waals surface area contributed by atoms with E-state index in [1.165, 1.54) is 44.6 Å². The molecule has 7 heteroatoms. The Hall–Kier alpha value is -3.61. The molecule has 0 aliphatic heterocycles. The van der Waals surface area contributed by atoms with Crippen LogP contribution in [0.25, 0.3) is 16.9 Å². The van der Waals surface area contributed by atoms with Gasteiger partial charge in [-0.25, -0.2) is 14.3 Å². The Morgan fingerprint density at radius 3 is 2.12 bits per heavy atom. The Labute approximate surface area is 200 Å². The molecule has 3 rings (SSSR count). The lowest BCUT2D eigenvalue weighted by molar-refractivity contribution is 0.0549.